The third kappa shape index (κ3) is 5.03. The number of ether oxygens (including phenoxy) is 1. The molecule has 1 unspecified atom stereocenters. The van der Waals surface area contributed by atoms with Crippen molar-refractivity contribution in [3.05, 3.63) is 57.8 Å². The quantitative estimate of drug-likeness (QED) is 0.250. The van der Waals surface area contributed by atoms with Crippen LogP contribution in [0, 0.1) is 5.41 Å². The Morgan fingerprint density at radius 3 is 2.85 bits per heavy atom. The van der Waals surface area contributed by atoms with Gasteiger partial charge in [-0.1, -0.05) is 35.5 Å². The van der Waals surface area contributed by atoms with Crippen LogP contribution < -0.4 is 21.3 Å². The molecule has 0 saturated heterocycles. The molecule has 0 aliphatic heterocycles. The van der Waals surface area contributed by atoms with Gasteiger partial charge in [-0.05, 0) is 61.8 Å². The van der Waals surface area contributed by atoms with Gasteiger partial charge in [0.2, 0.25) is 5.91 Å². The fraction of sp³-hybridized carbons (Fsp3) is 0.400. The highest BCUT2D eigenvalue weighted by Crippen LogP contribution is 2.56. The summed E-state index contributed by atoms with van der Waals surface area (Å²) in [6.07, 6.45) is 5.60. The van der Waals surface area contributed by atoms with Gasteiger partial charge in [0.25, 0.3) is 5.56 Å². The van der Waals surface area contributed by atoms with Crippen molar-refractivity contribution in [1.82, 2.24) is 15.3 Å². The van der Waals surface area contributed by atoms with Gasteiger partial charge in [-0.15, -0.1) is 0 Å². The number of aromatic nitrogens is 2. The van der Waals surface area contributed by atoms with Crippen molar-refractivity contribution in [3.63, 3.8) is 0 Å². The number of H-pyrrole nitrogens is 1. The zero-order valence-electron chi connectivity index (χ0n) is 18.7. The lowest BCUT2D eigenvalue weighted by Crippen LogP contribution is -2.33. The molecule has 2 fully saturated rings. The lowest BCUT2D eigenvalue weighted by molar-refractivity contribution is -0.121. The zero-order valence-corrected chi connectivity index (χ0v) is 20.3. The summed E-state index contributed by atoms with van der Waals surface area (Å²) in [5, 5.41) is 4.85. The monoisotopic (exact) mass is 498 g/mol. The number of fused-ring (bicyclic) bond motifs is 1. The Balaban J connectivity index is 1.05. The fourth-order valence-electron chi connectivity index (χ4n) is 4.82. The van der Waals surface area contributed by atoms with Gasteiger partial charge in [0.15, 0.2) is 5.16 Å². The summed E-state index contributed by atoms with van der Waals surface area (Å²) in [6.45, 7) is 0. The predicted molar refractivity (Wildman–Crippen MR) is 135 cm³/mol. The zero-order chi connectivity index (χ0) is 23.7. The molecule has 1 spiro atoms. The maximum absolute atomic E-state index is 12.5. The molecule has 0 bridgehead atoms. The second-order valence-corrected chi connectivity index (χ2v) is 10.7. The normalized spacial score (nSPS) is 23.7. The summed E-state index contributed by atoms with van der Waals surface area (Å²) >= 11 is 7.38. The van der Waals surface area contributed by atoms with Crippen molar-refractivity contribution in [3.8, 4) is 5.75 Å². The van der Waals surface area contributed by atoms with E-state index in [1.807, 2.05) is 24.3 Å². The minimum absolute atomic E-state index is 0.0486. The molecule has 9 heteroatoms. The molecule has 1 heterocycles. The third-order valence-corrected chi connectivity index (χ3v) is 8.10. The molecule has 2 saturated carbocycles. The van der Waals surface area contributed by atoms with Gasteiger partial charge >= 0.3 is 0 Å². The number of aromatic amines is 1. The molecule has 1 aromatic heterocycles. The Morgan fingerprint density at radius 1 is 1.26 bits per heavy atom. The van der Waals surface area contributed by atoms with Gasteiger partial charge in [0.1, 0.15) is 5.75 Å². The first-order valence-corrected chi connectivity index (χ1v) is 12.9. The summed E-state index contributed by atoms with van der Waals surface area (Å²) in [6, 6.07) is 12.9. The van der Waals surface area contributed by atoms with Crippen LogP contribution in [-0.2, 0) is 4.79 Å². The van der Waals surface area contributed by atoms with E-state index in [0.29, 0.717) is 38.9 Å². The van der Waals surface area contributed by atoms with Gasteiger partial charge in [-0.3, -0.25) is 9.59 Å². The Hall–Kier alpha value is -2.71. The van der Waals surface area contributed by atoms with E-state index >= 15 is 0 Å². The lowest BCUT2D eigenvalue weighted by Gasteiger charge is -2.30. The molecule has 178 valence electrons. The molecule has 34 heavy (non-hydrogen) atoms. The van der Waals surface area contributed by atoms with Crippen LogP contribution in [-0.4, -0.2) is 33.8 Å². The molecule has 3 aromatic rings. The van der Waals surface area contributed by atoms with E-state index in [0.717, 1.165) is 37.9 Å². The third-order valence-electron chi connectivity index (χ3n) is 6.88. The van der Waals surface area contributed by atoms with Gasteiger partial charge < -0.3 is 20.8 Å². The number of nitrogens with zero attached hydrogens (tertiary/aromatic N) is 1. The highest BCUT2D eigenvalue weighted by molar-refractivity contribution is 7.99. The van der Waals surface area contributed by atoms with E-state index in [1.165, 1.54) is 11.8 Å². The van der Waals surface area contributed by atoms with E-state index in [4.69, 9.17) is 22.1 Å². The molecule has 7 nitrogen and oxygen atoms in total. The lowest BCUT2D eigenvalue weighted by atomic mass is 9.84. The molecule has 4 N–H and O–H groups in total. The molecule has 1 amide bonds. The topological polar surface area (TPSA) is 110 Å². The van der Waals surface area contributed by atoms with Crippen molar-refractivity contribution < 1.29 is 9.53 Å². The van der Waals surface area contributed by atoms with Gasteiger partial charge in [-0.25, -0.2) is 4.98 Å². The molecule has 5 rings (SSSR count). The van der Waals surface area contributed by atoms with Crippen molar-refractivity contribution in [2.45, 2.75) is 55.8 Å². The minimum Gasteiger partial charge on any atom is -0.490 e. The van der Waals surface area contributed by atoms with Crippen LogP contribution >= 0.6 is 23.4 Å². The van der Waals surface area contributed by atoms with Crippen LogP contribution in [0.2, 0.25) is 5.02 Å². The fourth-order valence-corrected chi connectivity index (χ4v) is 5.74. The van der Waals surface area contributed by atoms with Crippen LogP contribution in [0.4, 0.5) is 5.69 Å². The number of hydrogen-bond donors (Lipinski definition) is 3. The molecular formula is C25H27ClN4O3S. The molecular weight excluding hydrogens is 472 g/mol. The Morgan fingerprint density at radius 2 is 2.06 bits per heavy atom. The number of para-hydroxylation sites is 1. The minimum atomic E-state index is -0.156. The number of amides is 1. The largest absolute Gasteiger partial charge is 0.490 e. The average molecular weight is 499 g/mol. The van der Waals surface area contributed by atoms with Crippen molar-refractivity contribution >= 4 is 45.9 Å². The molecule has 1 atom stereocenters. The summed E-state index contributed by atoms with van der Waals surface area (Å²) in [5.74, 6) is 1.36. The number of benzene rings is 2. The maximum Gasteiger partial charge on any atom is 0.259 e. The van der Waals surface area contributed by atoms with Gasteiger partial charge in [-0.2, -0.15) is 0 Å². The summed E-state index contributed by atoms with van der Waals surface area (Å²) in [7, 11) is 0. The van der Waals surface area contributed by atoms with Crippen LogP contribution in [0.25, 0.3) is 10.9 Å². The SMILES string of the molecule is Nc1cc(OC2CCC3(CC2)CC3NC(=O)CCSc2nc3ccccc3c(=O)[nH]2)ccc1Cl. The number of carbonyl (C=O) groups excluding carboxylic acids is 1. The smallest absolute Gasteiger partial charge is 0.259 e. The number of nitrogens with one attached hydrogen (secondary N) is 2. The van der Waals surface area contributed by atoms with Gasteiger partial charge in [0.05, 0.1) is 27.7 Å². The summed E-state index contributed by atoms with van der Waals surface area (Å²) < 4.78 is 6.10. The van der Waals surface area contributed by atoms with Crippen LogP contribution in [0.1, 0.15) is 38.5 Å². The Bertz CT molecular complexity index is 1270. The first-order chi connectivity index (χ1) is 16.4. The van der Waals surface area contributed by atoms with E-state index in [-0.39, 0.29) is 29.0 Å². The number of nitrogens with two attached hydrogens (primary N) is 1. The number of hydrogen-bond acceptors (Lipinski definition) is 6. The second-order valence-electron chi connectivity index (χ2n) is 9.17. The number of anilines is 1. The Labute approximate surface area is 206 Å². The average Bonchev–Trinajstić information content (AvgIpc) is 3.48. The number of thioether (sulfide) groups is 1. The van der Waals surface area contributed by atoms with Gasteiger partial charge in [0, 0.05) is 24.3 Å². The number of halogens is 1. The highest BCUT2D eigenvalue weighted by atomic mass is 35.5. The van der Waals surface area contributed by atoms with E-state index in [9.17, 15) is 9.59 Å². The van der Waals surface area contributed by atoms with Crippen molar-refractivity contribution in [2.24, 2.45) is 5.41 Å². The van der Waals surface area contributed by atoms with Crippen LogP contribution in [0.3, 0.4) is 0 Å². The van der Waals surface area contributed by atoms with Crippen molar-refractivity contribution in [2.75, 3.05) is 11.5 Å². The number of rotatable bonds is 7. The van der Waals surface area contributed by atoms with Crippen molar-refractivity contribution in [1.29, 1.82) is 0 Å². The Kier molecular flexibility index (Phi) is 6.44. The van der Waals surface area contributed by atoms with Crippen LogP contribution in [0.15, 0.2) is 52.4 Å². The predicted octanol–water partition coefficient (Wildman–Crippen LogP) is 4.54. The first-order valence-electron chi connectivity index (χ1n) is 11.5. The first kappa shape index (κ1) is 23.1. The number of nitrogen functional groups attached to an aromatic ring is 1. The summed E-state index contributed by atoms with van der Waals surface area (Å²) in [5.41, 5.74) is 7.12. The van der Waals surface area contributed by atoms with Crippen LogP contribution in [0.5, 0.6) is 5.75 Å². The molecule has 2 aliphatic rings. The second kappa shape index (κ2) is 9.50. The molecule has 0 radical (unpaired) electrons. The number of carbonyl (C=O) groups is 1. The summed E-state index contributed by atoms with van der Waals surface area (Å²) in [4.78, 5) is 31.9. The van der Waals surface area contributed by atoms with E-state index < -0.39 is 0 Å². The maximum atomic E-state index is 12.5. The molecule has 2 aromatic carbocycles. The van der Waals surface area contributed by atoms with E-state index in [2.05, 4.69) is 15.3 Å². The van der Waals surface area contributed by atoms with E-state index in [1.54, 1.807) is 18.2 Å². The highest BCUT2D eigenvalue weighted by Gasteiger charge is 2.55. The standard InChI is InChI=1S/C25H27ClN4O3S/c26-18-6-5-16(13-19(18)27)33-15-7-10-25(11-8-15)14-21(25)29-22(31)9-12-34-24-28-20-4-2-1-3-17(20)23(32)30-24/h1-6,13,15,21H,7-12,14,27H2,(H,29,31)(H,28,30,32). The molecule has 2 aliphatic carbocycles.